The summed E-state index contributed by atoms with van der Waals surface area (Å²) in [5.74, 6) is 0.953. The SMILES string of the molecule is CC/C=C(\NC=NC)Nc1ccccc1. The maximum absolute atomic E-state index is 3.88. The first kappa shape index (κ1) is 11.3. The van der Waals surface area contributed by atoms with Gasteiger partial charge in [0.1, 0.15) is 5.82 Å². The van der Waals surface area contributed by atoms with E-state index in [1.807, 2.05) is 30.3 Å². The van der Waals surface area contributed by atoms with Crippen molar-refractivity contribution in [2.45, 2.75) is 13.3 Å². The van der Waals surface area contributed by atoms with Crippen molar-refractivity contribution < 1.29 is 0 Å². The maximum atomic E-state index is 3.88. The first-order valence-electron chi connectivity index (χ1n) is 5.06. The second-order valence-electron chi connectivity index (χ2n) is 3.05. The standard InChI is InChI=1S/C12H17N3/c1-3-7-12(14-10-13-2)15-11-8-5-4-6-9-11/h4-10,15H,3H2,1-2H3,(H,13,14)/b12-7+. The Hall–Kier alpha value is -1.77. The number of anilines is 1. The van der Waals surface area contributed by atoms with Crippen LogP contribution in [0.25, 0.3) is 0 Å². The highest BCUT2D eigenvalue weighted by Gasteiger charge is 1.93. The molecule has 0 saturated carbocycles. The average molecular weight is 203 g/mol. The van der Waals surface area contributed by atoms with E-state index in [1.54, 1.807) is 13.4 Å². The highest BCUT2D eigenvalue weighted by Crippen LogP contribution is 2.07. The lowest BCUT2D eigenvalue weighted by Crippen LogP contribution is -2.17. The molecule has 0 amide bonds. The van der Waals surface area contributed by atoms with Gasteiger partial charge >= 0.3 is 0 Å². The second-order valence-corrected chi connectivity index (χ2v) is 3.05. The van der Waals surface area contributed by atoms with Gasteiger partial charge < -0.3 is 10.6 Å². The van der Waals surface area contributed by atoms with Crippen molar-refractivity contribution in [3.05, 3.63) is 42.2 Å². The molecular weight excluding hydrogens is 186 g/mol. The van der Waals surface area contributed by atoms with E-state index in [4.69, 9.17) is 0 Å². The molecule has 2 N–H and O–H groups in total. The summed E-state index contributed by atoms with van der Waals surface area (Å²) in [6, 6.07) is 10.0. The summed E-state index contributed by atoms with van der Waals surface area (Å²) in [6.45, 7) is 2.09. The number of rotatable bonds is 5. The summed E-state index contributed by atoms with van der Waals surface area (Å²) in [7, 11) is 1.74. The third-order valence-corrected chi connectivity index (χ3v) is 1.81. The monoisotopic (exact) mass is 203 g/mol. The zero-order valence-corrected chi connectivity index (χ0v) is 9.20. The van der Waals surface area contributed by atoms with Crippen molar-refractivity contribution in [3.63, 3.8) is 0 Å². The Kier molecular flexibility index (Phi) is 5.01. The Morgan fingerprint density at radius 3 is 2.67 bits per heavy atom. The quantitative estimate of drug-likeness (QED) is 0.570. The van der Waals surface area contributed by atoms with Crippen molar-refractivity contribution >= 4 is 12.0 Å². The van der Waals surface area contributed by atoms with Gasteiger partial charge in [-0.2, -0.15) is 0 Å². The van der Waals surface area contributed by atoms with Gasteiger partial charge in [0, 0.05) is 12.7 Å². The molecule has 0 aliphatic rings. The Morgan fingerprint density at radius 1 is 1.33 bits per heavy atom. The Bertz CT molecular complexity index is 328. The molecule has 0 heterocycles. The van der Waals surface area contributed by atoms with Crippen LogP contribution in [0.4, 0.5) is 5.69 Å². The molecule has 0 aromatic heterocycles. The minimum atomic E-state index is 0.953. The van der Waals surface area contributed by atoms with E-state index in [0.29, 0.717) is 0 Å². The van der Waals surface area contributed by atoms with Crippen LogP contribution in [0.1, 0.15) is 13.3 Å². The number of para-hydroxylation sites is 1. The largest absolute Gasteiger partial charge is 0.342 e. The van der Waals surface area contributed by atoms with Crippen molar-refractivity contribution in [1.82, 2.24) is 5.32 Å². The lowest BCUT2D eigenvalue weighted by atomic mass is 10.3. The summed E-state index contributed by atoms with van der Waals surface area (Å²) >= 11 is 0. The van der Waals surface area contributed by atoms with Gasteiger partial charge in [0.2, 0.25) is 0 Å². The fourth-order valence-electron chi connectivity index (χ4n) is 1.16. The topological polar surface area (TPSA) is 36.4 Å². The van der Waals surface area contributed by atoms with Gasteiger partial charge in [-0.25, -0.2) is 0 Å². The van der Waals surface area contributed by atoms with Crippen LogP contribution in [0, 0.1) is 0 Å². The van der Waals surface area contributed by atoms with Gasteiger partial charge in [-0.15, -0.1) is 0 Å². The fourth-order valence-corrected chi connectivity index (χ4v) is 1.16. The van der Waals surface area contributed by atoms with Crippen LogP contribution in [0.2, 0.25) is 0 Å². The van der Waals surface area contributed by atoms with E-state index >= 15 is 0 Å². The highest BCUT2D eigenvalue weighted by atomic mass is 15.1. The molecule has 0 saturated heterocycles. The smallest absolute Gasteiger partial charge is 0.104 e. The molecule has 15 heavy (non-hydrogen) atoms. The molecular formula is C12H17N3. The summed E-state index contributed by atoms with van der Waals surface area (Å²) in [5, 5.41) is 6.35. The van der Waals surface area contributed by atoms with Crippen LogP contribution in [0.15, 0.2) is 47.2 Å². The zero-order valence-electron chi connectivity index (χ0n) is 9.20. The van der Waals surface area contributed by atoms with E-state index in [1.165, 1.54) is 0 Å². The first-order valence-corrected chi connectivity index (χ1v) is 5.06. The lowest BCUT2D eigenvalue weighted by molar-refractivity contribution is 1.08. The van der Waals surface area contributed by atoms with Gasteiger partial charge in [-0.3, -0.25) is 4.99 Å². The molecule has 0 radical (unpaired) electrons. The van der Waals surface area contributed by atoms with E-state index < -0.39 is 0 Å². The molecule has 0 atom stereocenters. The first-order chi connectivity index (χ1) is 7.36. The Balaban J connectivity index is 2.63. The molecule has 0 aliphatic carbocycles. The fraction of sp³-hybridized carbons (Fsp3) is 0.250. The number of nitrogens with zero attached hydrogens (tertiary/aromatic N) is 1. The van der Waals surface area contributed by atoms with Crippen LogP contribution in [-0.2, 0) is 0 Å². The maximum Gasteiger partial charge on any atom is 0.104 e. The van der Waals surface area contributed by atoms with Crippen LogP contribution in [-0.4, -0.2) is 13.4 Å². The van der Waals surface area contributed by atoms with Crippen molar-refractivity contribution in [1.29, 1.82) is 0 Å². The predicted octanol–water partition coefficient (Wildman–Crippen LogP) is 2.60. The molecule has 1 aromatic carbocycles. The number of hydrogen-bond acceptors (Lipinski definition) is 2. The van der Waals surface area contributed by atoms with Crippen LogP contribution in [0.5, 0.6) is 0 Å². The molecule has 0 spiro atoms. The molecule has 3 heteroatoms. The normalized spacial score (nSPS) is 11.7. The number of hydrogen-bond donors (Lipinski definition) is 2. The van der Waals surface area contributed by atoms with Gasteiger partial charge in [0.05, 0.1) is 6.34 Å². The Labute approximate surface area is 90.9 Å². The van der Waals surface area contributed by atoms with Crippen LogP contribution < -0.4 is 10.6 Å². The summed E-state index contributed by atoms with van der Waals surface area (Å²) in [4.78, 5) is 3.88. The molecule has 3 nitrogen and oxygen atoms in total. The van der Waals surface area contributed by atoms with E-state index in [2.05, 4.69) is 28.6 Å². The Morgan fingerprint density at radius 2 is 2.07 bits per heavy atom. The number of nitrogens with one attached hydrogen (secondary N) is 2. The van der Waals surface area contributed by atoms with Crippen molar-refractivity contribution in [2.24, 2.45) is 4.99 Å². The number of benzene rings is 1. The van der Waals surface area contributed by atoms with Crippen LogP contribution in [0.3, 0.4) is 0 Å². The molecule has 0 fully saturated rings. The lowest BCUT2D eigenvalue weighted by Gasteiger charge is -2.10. The highest BCUT2D eigenvalue weighted by molar-refractivity contribution is 5.60. The number of aliphatic imine (C=N–C) groups is 1. The van der Waals surface area contributed by atoms with E-state index in [-0.39, 0.29) is 0 Å². The summed E-state index contributed by atoms with van der Waals surface area (Å²) < 4.78 is 0. The average Bonchev–Trinajstić information content (AvgIpc) is 2.28. The second kappa shape index (κ2) is 6.65. The number of allylic oxidation sites excluding steroid dienone is 1. The van der Waals surface area contributed by atoms with Gasteiger partial charge in [0.15, 0.2) is 0 Å². The van der Waals surface area contributed by atoms with Crippen molar-refractivity contribution in [3.8, 4) is 0 Å². The molecule has 0 bridgehead atoms. The van der Waals surface area contributed by atoms with E-state index in [9.17, 15) is 0 Å². The molecule has 1 aromatic rings. The zero-order chi connectivity index (χ0) is 10.9. The minimum absolute atomic E-state index is 0.953. The third-order valence-electron chi connectivity index (χ3n) is 1.81. The molecule has 1 rings (SSSR count). The summed E-state index contributed by atoms with van der Waals surface area (Å²) in [5.41, 5.74) is 1.06. The third kappa shape index (κ3) is 4.31. The van der Waals surface area contributed by atoms with Crippen molar-refractivity contribution in [2.75, 3.05) is 12.4 Å². The molecule has 0 unspecified atom stereocenters. The van der Waals surface area contributed by atoms with Gasteiger partial charge in [0.25, 0.3) is 0 Å². The predicted molar refractivity (Wildman–Crippen MR) is 66.0 cm³/mol. The van der Waals surface area contributed by atoms with Gasteiger partial charge in [-0.05, 0) is 24.6 Å². The van der Waals surface area contributed by atoms with Crippen LogP contribution >= 0.6 is 0 Å². The molecule has 80 valence electrons. The van der Waals surface area contributed by atoms with Gasteiger partial charge in [-0.1, -0.05) is 25.1 Å². The van der Waals surface area contributed by atoms with E-state index in [0.717, 1.165) is 17.9 Å². The summed E-state index contributed by atoms with van der Waals surface area (Å²) in [6.07, 6.45) is 4.71. The molecule has 0 aliphatic heterocycles. The minimum Gasteiger partial charge on any atom is -0.342 e.